The van der Waals surface area contributed by atoms with E-state index < -0.39 is 0 Å². The third-order valence-electron chi connectivity index (χ3n) is 5.83. The number of rotatable bonds is 4. The second kappa shape index (κ2) is 7.64. The highest BCUT2D eigenvalue weighted by atomic mass is 19.1. The molecule has 0 N–H and O–H groups in total. The van der Waals surface area contributed by atoms with Gasteiger partial charge in [-0.05, 0) is 54.8 Å². The molecule has 1 aliphatic rings. The van der Waals surface area contributed by atoms with Gasteiger partial charge in [0.25, 0.3) is 0 Å². The summed E-state index contributed by atoms with van der Waals surface area (Å²) >= 11 is 0. The lowest BCUT2D eigenvalue weighted by Gasteiger charge is -2.14. The van der Waals surface area contributed by atoms with Gasteiger partial charge in [0, 0.05) is 24.4 Å². The summed E-state index contributed by atoms with van der Waals surface area (Å²) in [6.45, 7) is 4.24. The highest BCUT2D eigenvalue weighted by Gasteiger charge is 2.22. The molecule has 32 heavy (non-hydrogen) atoms. The number of fused-ring (bicyclic) bond motifs is 2. The van der Waals surface area contributed by atoms with Crippen LogP contribution in [0.2, 0.25) is 0 Å². The highest BCUT2D eigenvalue weighted by molar-refractivity contribution is 6.10. The zero-order chi connectivity index (χ0) is 22.4. The fraction of sp³-hybridized carbons (Fsp3) is 0.154. The number of carbonyl (C=O) groups is 1. The number of hydrogen-bond acceptors (Lipinski definition) is 4. The van der Waals surface area contributed by atoms with Crippen LogP contribution in [0.4, 0.5) is 4.39 Å². The molecule has 0 aliphatic carbocycles. The SMILES string of the molecule is Cc1ccc(C(=O)c2cn(Cc3cccc(F)c3)c3cc4c(cc3c2=O)OCO4)cc1C. The minimum atomic E-state index is -0.378. The molecule has 0 amide bonds. The van der Waals surface area contributed by atoms with E-state index in [1.165, 1.54) is 12.1 Å². The molecule has 5 rings (SSSR count). The quantitative estimate of drug-likeness (QED) is 0.439. The molecule has 0 radical (unpaired) electrons. The van der Waals surface area contributed by atoms with Gasteiger partial charge < -0.3 is 14.0 Å². The zero-order valence-electron chi connectivity index (χ0n) is 17.6. The van der Waals surface area contributed by atoms with Gasteiger partial charge in [0.05, 0.1) is 16.5 Å². The first-order valence-electron chi connectivity index (χ1n) is 10.2. The topological polar surface area (TPSA) is 57.5 Å². The van der Waals surface area contributed by atoms with Gasteiger partial charge in [-0.3, -0.25) is 9.59 Å². The molecular formula is C26H20FNO4. The highest BCUT2D eigenvalue weighted by Crippen LogP contribution is 2.35. The van der Waals surface area contributed by atoms with Crippen molar-refractivity contribution in [2.45, 2.75) is 20.4 Å². The maximum Gasteiger partial charge on any atom is 0.231 e. The Morgan fingerprint density at radius 3 is 2.53 bits per heavy atom. The summed E-state index contributed by atoms with van der Waals surface area (Å²) in [4.78, 5) is 26.7. The van der Waals surface area contributed by atoms with Gasteiger partial charge in [0.15, 0.2) is 17.3 Å². The zero-order valence-corrected chi connectivity index (χ0v) is 17.6. The Labute approximate surface area is 183 Å². The summed E-state index contributed by atoms with van der Waals surface area (Å²) in [6, 6.07) is 15.0. The van der Waals surface area contributed by atoms with Gasteiger partial charge in [0.1, 0.15) is 5.82 Å². The molecule has 0 bridgehead atoms. The molecule has 1 aliphatic heterocycles. The lowest BCUT2D eigenvalue weighted by atomic mass is 9.98. The summed E-state index contributed by atoms with van der Waals surface area (Å²) in [7, 11) is 0. The second-order valence-corrected chi connectivity index (χ2v) is 7.98. The summed E-state index contributed by atoms with van der Waals surface area (Å²) < 4.78 is 26.5. The van der Waals surface area contributed by atoms with Gasteiger partial charge in [-0.15, -0.1) is 0 Å². The van der Waals surface area contributed by atoms with E-state index in [-0.39, 0.29) is 35.9 Å². The molecule has 5 nitrogen and oxygen atoms in total. The van der Waals surface area contributed by atoms with Crippen LogP contribution >= 0.6 is 0 Å². The molecule has 0 saturated heterocycles. The Kier molecular flexibility index (Phi) is 4.78. The molecule has 0 saturated carbocycles. The minimum Gasteiger partial charge on any atom is -0.454 e. The summed E-state index contributed by atoms with van der Waals surface area (Å²) in [5.74, 6) is 0.281. The van der Waals surface area contributed by atoms with Crippen LogP contribution in [0.15, 0.2) is 65.6 Å². The minimum absolute atomic E-state index is 0.0519. The Morgan fingerprint density at radius 1 is 1.00 bits per heavy atom. The van der Waals surface area contributed by atoms with Gasteiger partial charge >= 0.3 is 0 Å². The third-order valence-corrected chi connectivity index (χ3v) is 5.83. The number of nitrogens with zero attached hydrogens (tertiary/aromatic N) is 1. The number of carbonyl (C=O) groups excluding carboxylic acids is 1. The third kappa shape index (κ3) is 3.43. The molecule has 0 unspecified atom stereocenters. The van der Waals surface area contributed by atoms with Crippen molar-refractivity contribution < 1.29 is 18.7 Å². The molecule has 3 aromatic carbocycles. The first-order chi connectivity index (χ1) is 15.4. The van der Waals surface area contributed by atoms with Crippen molar-refractivity contribution in [3.05, 3.63) is 105 Å². The predicted octanol–water partition coefficient (Wildman–Crippen LogP) is 4.77. The lowest BCUT2D eigenvalue weighted by Crippen LogP contribution is -2.20. The normalized spacial score (nSPS) is 12.3. The van der Waals surface area contributed by atoms with Crippen LogP contribution in [0.1, 0.15) is 32.6 Å². The van der Waals surface area contributed by atoms with Crippen LogP contribution in [0, 0.1) is 19.7 Å². The first-order valence-corrected chi connectivity index (χ1v) is 10.2. The van der Waals surface area contributed by atoms with E-state index >= 15 is 0 Å². The van der Waals surface area contributed by atoms with Crippen LogP contribution in [0.5, 0.6) is 11.5 Å². The number of aryl methyl sites for hydroxylation is 2. The molecule has 0 atom stereocenters. The van der Waals surface area contributed by atoms with E-state index in [0.29, 0.717) is 33.5 Å². The smallest absolute Gasteiger partial charge is 0.231 e. The number of halogens is 1. The van der Waals surface area contributed by atoms with Crippen LogP contribution in [-0.4, -0.2) is 17.1 Å². The number of benzene rings is 3. The number of ether oxygens (including phenoxy) is 2. The van der Waals surface area contributed by atoms with Crippen LogP contribution in [0.25, 0.3) is 10.9 Å². The number of pyridine rings is 1. The van der Waals surface area contributed by atoms with Crippen molar-refractivity contribution in [1.29, 1.82) is 0 Å². The Bertz CT molecular complexity index is 1450. The fourth-order valence-electron chi connectivity index (χ4n) is 3.94. The van der Waals surface area contributed by atoms with E-state index in [4.69, 9.17) is 9.47 Å². The van der Waals surface area contributed by atoms with Crippen molar-refractivity contribution in [2.24, 2.45) is 0 Å². The average Bonchev–Trinajstić information content (AvgIpc) is 3.24. The Morgan fingerprint density at radius 2 is 1.78 bits per heavy atom. The number of ketones is 1. The molecule has 0 spiro atoms. The van der Waals surface area contributed by atoms with Crippen molar-refractivity contribution in [2.75, 3.05) is 6.79 Å². The lowest BCUT2D eigenvalue weighted by molar-refractivity contribution is 0.103. The van der Waals surface area contributed by atoms with E-state index in [1.807, 2.05) is 19.9 Å². The monoisotopic (exact) mass is 429 g/mol. The van der Waals surface area contributed by atoms with Crippen LogP contribution < -0.4 is 14.9 Å². The Balaban J connectivity index is 1.72. The van der Waals surface area contributed by atoms with E-state index in [0.717, 1.165) is 11.1 Å². The molecule has 4 aromatic rings. The van der Waals surface area contributed by atoms with Crippen LogP contribution in [0.3, 0.4) is 0 Å². The molecule has 1 aromatic heterocycles. The standard InChI is InChI=1S/C26H20FNO4/c1-15-6-7-18(8-16(15)2)25(29)21-13-28(12-17-4-3-5-19(27)9-17)22-11-24-23(31-14-32-24)10-20(22)26(21)30/h3-11,13H,12,14H2,1-2H3. The maximum absolute atomic E-state index is 13.8. The fourth-order valence-corrected chi connectivity index (χ4v) is 3.94. The molecule has 2 heterocycles. The predicted molar refractivity (Wildman–Crippen MR) is 119 cm³/mol. The van der Waals surface area contributed by atoms with E-state index in [9.17, 15) is 14.0 Å². The van der Waals surface area contributed by atoms with Crippen molar-refractivity contribution in [1.82, 2.24) is 4.57 Å². The largest absolute Gasteiger partial charge is 0.454 e. The van der Waals surface area contributed by atoms with Crippen molar-refractivity contribution in [3.63, 3.8) is 0 Å². The van der Waals surface area contributed by atoms with Crippen molar-refractivity contribution in [3.8, 4) is 11.5 Å². The first kappa shape index (κ1) is 20.0. The van der Waals surface area contributed by atoms with Gasteiger partial charge in [-0.1, -0.05) is 24.3 Å². The molecule has 0 fully saturated rings. The average molecular weight is 429 g/mol. The number of hydrogen-bond donors (Lipinski definition) is 0. The van der Waals surface area contributed by atoms with Gasteiger partial charge in [-0.25, -0.2) is 4.39 Å². The summed E-state index contributed by atoms with van der Waals surface area (Å²) in [6.07, 6.45) is 1.55. The molecule has 160 valence electrons. The van der Waals surface area contributed by atoms with Gasteiger partial charge in [0.2, 0.25) is 12.2 Å². The van der Waals surface area contributed by atoms with E-state index in [2.05, 4.69) is 0 Å². The summed E-state index contributed by atoms with van der Waals surface area (Å²) in [5, 5.41) is 0.348. The van der Waals surface area contributed by atoms with Crippen LogP contribution in [-0.2, 0) is 6.54 Å². The molecule has 6 heteroatoms. The summed E-state index contributed by atoms with van der Waals surface area (Å²) in [5.41, 5.74) is 3.45. The van der Waals surface area contributed by atoms with E-state index in [1.54, 1.807) is 47.2 Å². The second-order valence-electron chi connectivity index (χ2n) is 7.98. The number of aromatic nitrogens is 1. The van der Waals surface area contributed by atoms with Crippen molar-refractivity contribution >= 4 is 16.7 Å². The molecular weight excluding hydrogens is 409 g/mol. The Hall–Kier alpha value is -3.93. The van der Waals surface area contributed by atoms with Gasteiger partial charge in [-0.2, -0.15) is 0 Å². The maximum atomic E-state index is 13.8.